The van der Waals surface area contributed by atoms with Crippen LogP contribution in [0.15, 0.2) is 23.6 Å². The van der Waals surface area contributed by atoms with Crippen LogP contribution in [0.25, 0.3) is 0 Å². The van der Waals surface area contributed by atoms with E-state index in [0.29, 0.717) is 29.3 Å². The minimum atomic E-state index is -5.53. The van der Waals surface area contributed by atoms with Gasteiger partial charge in [0.25, 0.3) is 0 Å². The summed E-state index contributed by atoms with van der Waals surface area (Å²) >= 11 is 0. The SMILES string of the molecule is C=C(C)S(=O)CCCC(F)(F)C(F)(F)F.CCC.Cc1cc2c(cc1OC(=O)OC1CCN(C)C1)CCC1C2CCC2(C)C(=O)CCC12. The van der Waals surface area contributed by atoms with Gasteiger partial charge in [0.2, 0.25) is 0 Å². The quantitative estimate of drug-likeness (QED) is 0.160. The standard InChI is InChI=1S/C25H33NO4.C8H11F5OS.C3H8/c1-15-12-20-16(13-22(15)30-24(28)29-17-9-11-26(3)14-17)4-5-19-18(20)8-10-25(2)21(19)6-7-23(25)27;1-6(2)15(14)5-3-4-7(9,10)8(11,12)13;1-3-2/h12-13,17-19,21H,4-11,14H2,1-3H3;1,3-5H2,2H3;3H2,1-2H3. The van der Waals surface area contributed by atoms with E-state index in [9.17, 15) is 35.8 Å². The van der Waals surface area contributed by atoms with Crippen LogP contribution in [0.5, 0.6) is 5.75 Å². The molecule has 4 aliphatic rings. The lowest BCUT2D eigenvalue weighted by Gasteiger charge is -2.48. The van der Waals surface area contributed by atoms with Gasteiger partial charge in [-0.15, -0.1) is 0 Å². The molecule has 0 amide bonds. The van der Waals surface area contributed by atoms with E-state index in [-0.39, 0.29) is 22.2 Å². The number of ether oxygens (including phenoxy) is 2. The summed E-state index contributed by atoms with van der Waals surface area (Å²) in [5.74, 6) is -2.13. The molecule has 1 heterocycles. The van der Waals surface area contributed by atoms with E-state index in [1.165, 1.54) is 24.5 Å². The predicted octanol–water partition coefficient (Wildman–Crippen LogP) is 9.30. The van der Waals surface area contributed by atoms with Crippen LogP contribution in [0, 0.1) is 24.2 Å². The number of likely N-dealkylation sites (tertiary alicyclic amines) is 1. The van der Waals surface area contributed by atoms with Crippen LogP contribution < -0.4 is 4.74 Å². The Bertz CT molecular complexity index is 1330. The Morgan fingerprint density at radius 2 is 1.77 bits per heavy atom. The zero-order valence-corrected chi connectivity index (χ0v) is 30.0. The fourth-order valence-electron chi connectivity index (χ4n) is 7.58. The number of hydrogen-bond acceptors (Lipinski definition) is 6. The molecule has 6 atom stereocenters. The topological polar surface area (TPSA) is 72.9 Å². The minimum absolute atomic E-state index is 0.0770. The van der Waals surface area contributed by atoms with Gasteiger partial charge in [-0.25, -0.2) is 4.79 Å². The third-order valence-corrected chi connectivity index (χ3v) is 11.6. The second-order valence-electron chi connectivity index (χ2n) is 14.1. The molecule has 0 bridgehead atoms. The maximum absolute atomic E-state index is 12.5. The number of Topliss-reactive ketones (excluding diaryl/α,β-unsaturated/α-hetero) is 1. The third-order valence-electron chi connectivity index (χ3n) is 10.2. The lowest BCUT2D eigenvalue weighted by Crippen LogP contribution is -2.42. The normalized spacial score (nSPS) is 27.3. The van der Waals surface area contributed by atoms with Crippen molar-refractivity contribution in [3.63, 3.8) is 0 Å². The van der Waals surface area contributed by atoms with Crippen LogP contribution in [0.3, 0.4) is 0 Å². The molecule has 0 aromatic heterocycles. The Morgan fingerprint density at radius 3 is 2.35 bits per heavy atom. The fourth-order valence-corrected chi connectivity index (χ4v) is 8.33. The van der Waals surface area contributed by atoms with Crippen molar-refractivity contribution in [3.8, 4) is 5.75 Å². The summed E-state index contributed by atoms with van der Waals surface area (Å²) in [7, 11) is 0.504. The molecule has 3 aliphatic carbocycles. The summed E-state index contributed by atoms with van der Waals surface area (Å²) in [6.07, 6.45) is 0.180. The van der Waals surface area contributed by atoms with E-state index in [1.54, 1.807) is 0 Å². The van der Waals surface area contributed by atoms with Crippen LogP contribution in [0.4, 0.5) is 26.7 Å². The summed E-state index contributed by atoms with van der Waals surface area (Å²) in [6.45, 7) is 14.9. The Morgan fingerprint density at radius 1 is 1.10 bits per heavy atom. The summed E-state index contributed by atoms with van der Waals surface area (Å²) < 4.78 is 81.8. The van der Waals surface area contributed by atoms with E-state index < -0.39 is 41.9 Å². The van der Waals surface area contributed by atoms with Gasteiger partial charge in [0.15, 0.2) is 0 Å². The Balaban J connectivity index is 0.000000295. The molecule has 0 radical (unpaired) electrons. The number of allylic oxidation sites excluding steroid dienone is 1. The third kappa shape index (κ3) is 9.67. The van der Waals surface area contributed by atoms with Crippen molar-refractivity contribution in [1.29, 1.82) is 0 Å². The van der Waals surface area contributed by atoms with Crippen LogP contribution in [0.2, 0.25) is 0 Å². The summed E-state index contributed by atoms with van der Waals surface area (Å²) in [5, 5.41) is 0. The highest BCUT2D eigenvalue weighted by Crippen LogP contribution is 2.59. The number of halogens is 5. The number of aryl methyl sites for hydroxylation is 2. The average molecular weight is 706 g/mol. The van der Waals surface area contributed by atoms with Crippen LogP contribution in [-0.4, -0.2) is 65.1 Å². The molecule has 0 N–H and O–H groups in total. The number of likely N-dealkylation sites (N-methyl/N-ethyl adjacent to an activating group) is 1. The van der Waals surface area contributed by atoms with Gasteiger partial charge in [-0.05, 0) is 106 Å². The van der Waals surface area contributed by atoms with Gasteiger partial charge in [0, 0.05) is 52.8 Å². The van der Waals surface area contributed by atoms with Crippen molar-refractivity contribution < 1.29 is 45.2 Å². The number of nitrogens with zero attached hydrogens (tertiary/aromatic N) is 1. The number of hydrogen-bond donors (Lipinski definition) is 0. The fraction of sp³-hybridized carbons (Fsp3) is 0.722. The van der Waals surface area contributed by atoms with Crippen LogP contribution >= 0.6 is 0 Å². The highest BCUT2D eigenvalue weighted by Gasteiger charge is 2.57. The molecule has 1 saturated heterocycles. The molecule has 6 unspecified atom stereocenters. The Hall–Kier alpha value is -2.34. The molecule has 12 heteroatoms. The number of carbonyl (C=O) groups excluding carboxylic acids is 2. The molecule has 272 valence electrons. The number of rotatable bonds is 7. The first-order valence-electron chi connectivity index (χ1n) is 17.1. The molecular weight excluding hydrogens is 653 g/mol. The zero-order valence-electron chi connectivity index (χ0n) is 29.2. The minimum Gasteiger partial charge on any atom is -0.429 e. The molecule has 48 heavy (non-hydrogen) atoms. The van der Waals surface area contributed by atoms with E-state index in [0.717, 1.165) is 63.6 Å². The lowest BCUT2D eigenvalue weighted by atomic mass is 9.55. The first-order valence-corrected chi connectivity index (χ1v) is 18.4. The van der Waals surface area contributed by atoms with Crippen LogP contribution in [0.1, 0.15) is 108 Å². The number of benzene rings is 1. The van der Waals surface area contributed by atoms with E-state index in [4.69, 9.17) is 9.47 Å². The second-order valence-corrected chi connectivity index (χ2v) is 15.9. The van der Waals surface area contributed by atoms with Crippen molar-refractivity contribution in [2.24, 2.45) is 17.3 Å². The lowest BCUT2D eigenvalue weighted by molar-refractivity contribution is -0.284. The monoisotopic (exact) mass is 705 g/mol. The van der Waals surface area contributed by atoms with E-state index in [2.05, 4.69) is 44.4 Å². The second kappa shape index (κ2) is 16.6. The highest BCUT2D eigenvalue weighted by atomic mass is 32.2. The van der Waals surface area contributed by atoms with Gasteiger partial charge in [0.05, 0.1) is 0 Å². The van der Waals surface area contributed by atoms with Gasteiger partial charge in [-0.2, -0.15) is 22.0 Å². The molecule has 0 spiro atoms. The van der Waals surface area contributed by atoms with Crippen molar-refractivity contribution in [2.45, 2.75) is 123 Å². The van der Waals surface area contributed by atoms with Crippen molar-refractivity contribution in [3.05, 3.63) is 40.3 Å². The van der Waals surface area contributed by atoms with E-state index >= 15 is 0 Å². The van der Waals surface area contributed by atoms with Gasteiger partial charge in [0.1, 0.15) is 17.6 Å². The summed E-state index contributed by atoms with van der Waals surface area (Å²) in [6, 6.07) is 4.30. The molecule has 1 aliphatic heterocycles. The molecule has 5 rings (SSSR count). The van der Waals surface area contributed by atoms with Gasteiger partial charge >= 0.3 is 18.3 Å². The predicted molar refractivity (Wildman–Crippen MR) is 178 cm³/mol. The average Bonchev–Trinajstić information content (AvgIpc) is 3.54. The van der Waals surface area contributed by atoms with Crippen molar-refractivity contribution in [2.75, 3.05) is 25.9 Å². The highest BCUT2D eigenvalue weighted by molar-refractivity contribution is 7.88. The first kappa shape index (κ1) is 40.1. The maximum Gasteiger partial charge on any atom is 0.514 e. The smallest absolute Gasteiger partial charge is 0.429 e. The first-order chi connectivity index (χ1) is 22.3. The Labute approximate surface area is 284 Å². The largest absolute Gasteiger partial charge is 0.514 e. The number of ketones is 1. The van der Waals surface area contributed by atoms with Gasteiger partial charge in [-0.3, -0.25) is 9.00 Å². The maximum atomic E-state index is 12.5. The molecule has 2 saturated carbocycles. The molecule has 6 nitrogen and oxygen atoms in total. The van der Waals surface area contributed by atoms with Gasteiger partial charge in [-0.1, -0.05) is 39.8 Å². The molecule has 1 aromatic carbocycles. The van der Waals surface area contributed by atoms with E-state index in [1.807, 2.05) is 14.0 Å². The Kier molecular flexibility index (Phi) is 13.8. The van der Waals surface area contributed by atoms with Crippen molar-refractivity contribution >= 4 is 22.7 Å². The number of alkyl halides is 5. The van der Waals surface area contributed by atoms with Crippen molar-refractivity contribution in [1.82, 2.24) is 4.90 Å². The molecular formula is C36H52F5NO5S. The molecule has 3 fully saturated rings. The number of carbonyl (C=O) groups is 2. The summed E-state index contributed by atoms with van der Waals surface area (Å²) in [4.78, 5) is 27.3. The molecule has 1 aromatic rings. The summed E-state index contributed by atoms with van der Waals surface area (Å²) in [5.41, 5.74) is 3.63. The number of fused-ring (bicyclic) bond motifs is 5. The zero-order chi connectivity index (χ0) is 36.0. The van der Waals surface area contributed by atoms with Gasteiger partial charge < -0.3 is 14.4 Å². The van der Waals surface area contributed by atoms with Crippen LogP contribution in [-0.2, 0) is 26.8 Å².